The molecule has 0 N–H and O–H groups in total. The number of nitrogens with zero attached hydrogens (tertiary/aromatic N) is 1. The minimum atomic E-state index is -0.686. The summed E-state index contributed by atoms with van der Waals surface area (Å²) in [5.41, 5.74) is 0.281. The van der Waals surface area contributed by atoms with Gasteiger partial charge in [-0.25, -0.2) is 9.69 Å². The lowest BCUT2D eigenvalue weighted by Gasteiger charge is -2.22. The largest absolute Gasteiger partial charge is 0.457 e. The number of carbonyl (C=O) groups is 3. The van der Waals surface area contributed by atoms with Gasteiger partial charge in [0.05, 0.1) is 23.8 Å². The molecular weight excluding hydrogens is 334 g/mol. The predicted molar refractivity (Wildman–Crippen MR) is 92.5 cm³/mol. The maximum absolute atomic E-state index is 12.9. The number of carbonyl (C=O) groups excluding carboxylic acids is 3. The topological polar surface area (TPSA) is 76.8 Å². The Morgan fingerprint density at radius 2 is 1.96 bits per heavy atom. The van der Waals surface area contributed by atoms with Crippen molar-refractivity contribution in [1.29, 1.82) is 0 Å². The van der Waals surface area contributed by atoms with Crippen molar-refractivity contribution >= 4 is 23.5 Å². The van der Waals surface area contributed by atoms with Gasteiger partial charge in [0.15, 0.2) is 5.75 Å². The molecule has 0 saturated carbocycles. The number of anilines is 1. The van der Waals surface area contributed by atoms with E-state index in [1.54, 1.807) is 30.3 Å². The van der Waals surface area contributed by atoms with E-state index in [1.807, 2.05) is 19.1 Å². The number of imide groups is 1. The van der Waals surface area contributed by atoms with E-state index in [0.717, 1.165) is 4.90 Å². The van der Waals surface area contributed by atoms with Gasteiger partial charge in [0.1, 0.15) is 0 Å². The lowest BCUT2D eigenvalue weighted by Crippen LogP contribution is -2.32. The Bertz CT molecular complexity index is 899. The van der Waals surface area contributed by atoms with E-state index in [1.165, 1.54) is 12.3 Å². The molecule has 1 fully saturated rings. The summed E-state index contributed by atoms with van der Waals surface area (Å²) in [5.74, 6) is -1.74. The molecule has 1 aromatic heterocycles. The first-order valence-electron chi connectivity index (χ1n) is 8.47. The zero-order chi connectivity index (χ0) is 18.3. The normalized spacial score (nSPS) is 24.7. The highest BCUT2D eigenvalue weighted by Gasteiger charge is 2.51. The lowest BCUT2D eigenvalue weighted by molar-refractivity contribution is -0.122. The second-order valence-corrected chi connectivity index (χ2v) is 6.50. The Balaban J connectivity index is 1.67. The Kier molecular flexibility index (Phi) is 3.95. The van der Waals surface area contributed by atoms with Gasteiger partial charge in [-0.2, -0.15) is 0 Å². The van der Waals surface area contributed by atoms with E-state index >= 15 is 0 Å². The number of ether oxygens (including phenoxy) is 1. The summed E-state index contributed by atoms with van der Waals surface area (Å²) in [5, 5.41) is 0. The van der Waals surface area contributed by atoms with E-state index < -0.39 is 5.97 Å². The third-order valence-corrected chi connectivity index (χ3v) is 4.90. The van der Waals surface area contributed by atoms with Crippen LogP contribution in [-0.2, 0) is 9.59 Å². The number of fused-ring (bicyclic) bond motifs is 1. The molecule has 1 aliphatic carbocycles. The Hall–Kier alpha value is -3.15. The lowest BCUT2D eigenvalue weighted by atomic mass is 9.78. The molecular formula is C20H17NO5. The molecule has 1 aliphatic heterocycles. The number of hydrogen-bond donors (Lipinski definition) is 0. The maximum atomic E-state index is 12.9. The number of para-hydroxylation sites is 2. The molecule has 3 atom stereocenters. The second kappa shape index (κ2) is 6.29. The molecule has 0 spiro atoms. The highest BCUT2D eigenvalue weighted by atomic mass is 16.5. The van der Waals surface area contributed by atoms with Crippen LogP contribution >= 0.6 is 0 Å². The molecule has 26 heavy (non-hydrogen) atoms. The van der Waals surface area contributed by atoms with Crippen LogP contribution in [0.3, 0.4) is 0 Å². The van der Waals surface area contributed by atoms with Crippen molar-refractivity contribution in [2.75, 3.05) is 4.90 Å². The second-order valence-electron chi connectivity index (χ2n) is 6.50. The molecule has 0 radical (unpaired) electrons. The van der Waals surface area contributed by atoms with Crippen LogP contribution in [-0.4, -0.2) is 17.8 Å². The fraction of sp³-hybridized carbons (Fsp3) is 0.250. The van der Waals surface area contributed by atoms with Crippen LogP contribution in [0, 0.1) is 17.8 Å². The molecule has 1 aromatic carbocycles. The predicted octanol–water partition coefficient (Wildman–Crippen LogP) is 3.20. The van der Waals surface area contributed by atoms with Crippen molar-refractivity contribution in [3.8, 4) is 5.75 Å². The van der Waals surface area contributed by atoms with Crippen molar-refractivity contribution in [2.24, 2.45) is 17.8 Å². The van der Waals surface area contributed by atoms with Crippen LogP contribution in [0.5, 0.6) is 5.75 Å². The van der Waals surface area contributed by atoms with Crippen molar-refractivity contribution in [2.45, 2.75) is 13.3 Å². The molecule has 132 valence electrons. The number of furan rings is 1. The van der Waals surface area contributed by atoms with Crippen LogP contribution < -0.4 is 9.64 Å². The van der Waals surface area contributed by atoms with Gasteiger partial charge in [-0.05, 0) is 36.6 Å². The molecule has 2 aliphatic rings. The molecule has 4 rings (SSSR count). The standard InChI is InChI=1S/C20H17NO5/c1-12-6-4-7-13-17(12)19(23)21(18(13)22)14-8-2-3-9-15(14)26-20(24)16-10-5-11-25-16/h2-6,8-13,17H,7H2,1H3/t12-,13+,17+/m0/s1. The van der Waals surface area contributed by atoms with Gasteiger partial charge < -0.3 is 9.15 Å². The molecule has 0 unspecified atom stereocenters. The summed E-state index contributed by atoms with van der Waals surface area (Å²) >= 11 is 0. The Morgan fingerprint density at radius 3 is 2.69 bits per heavy atom. The molecule has 2 aromatic rings. The summed E-state index contributed by atoms with van der Waals surface area (Å²) in [6.45, 7) is 1.94. The zero-order valence-corrected chi connectivity index (χ0v) is 14.1. The Labute approximate surface area is 150 Å². The van der Waals surface area contributed by atoms with Gasteiger partial charge in [0.2, 0.25) is 17.6 Å². The number of allylic oxidation sites excluding steroid dienone is 2. The first-order valence-corrected chi connectivity index (χ1v) is 8.47. The first kappa shape index (κ1) is 16.3. The van der Waals surface area contributed by atoms with Crippen LogP contribution in [0.2, 0.25) is 0 Å². The minimum Gasteiger partial charge on any atom is -0.457 e. The molecule has 6 nitrogen and oxygen atoms in total. The smallest absolute Gasteiger partial charge is 0.379 e. The van der Waals surface area contributed by atoms with E-state index in [4.69, 9.17) is 9.15 Å². The highest BCUT2D eigenvalue weighted by molar-refractivity contribution is 6.23. The van der Waals surface area contributed by atoms with Crippen molar-refractivity contribution in [3.63, 3.8) is 0 Å². The Morgan fingerprint density at radius 1 is 1.15 bits per heavy atom. The van der Waals surface area contributed by atoms with Gasteiger partial charge in [-0.1, -0.05) is 31.2 Å². The summed E-state index contributed by atoms with van der Waals surface area (Å²) in [4.78, 5) is 39.2. The van der Waals surface area contributed by atoms with E-state index in [-0.39, 0.29) is 46.8 Å². The van der Waals surface area contributed by atoms with Crippen molar-refractivity contribution in [1.82, 2.24) is 0 Å². The third kappa shape index (κ3) is 2.54. The summed E-state index contributed by atoms with van der Waals surface area (Å²) in [6, 6.07) is 9.60. The van der Waals surface area contributed by atoms with E-state index in [2.05, 4.69) is 0 Å². The molecule has 0 bridgehead atoms. The number of esters is 1. The first-order chi connectivity index (χ1) is 12.6. The molecule has 1 saturated heterocycles. The SMILES string of the molecule is C[C@H]1C=CC[C@H]2C(=O)N(c3ccccc3OC(=O)c3ccco3)C(=O)[C@H]12. The third-order valence-electron chi connectivity index (χ3n) is 4.90. The number of amides is 2. The molecule has 6 heteroatoms. The van der Waals surface area contributed by atoms with Crippen molar-refractivity contribution < 1.29 is 23.5 Å². The summed E-state index contributed by atoms with van der Waals surface area (Å²) in [6.07, 6.45) is 5.83. The number of rotatable bonds is 3. The average molecular weight is 351 g/mol. The molecule has 2 amide bonds. The van der Waals surface area contributed by atoms with Crippen LogP contribution in [0.15, 0.2) is 59.2 Å². The van der Waals surface area contributed by atoms with Crippen LogP contribution in [0.1, 0.15) is 23.9 Å². The maximum Gasteiger partial charge on any atom is 0.379 e. The number of benzene rings is 1. The fourth-order valence-corrected chi connectivity index (χ4v) is 3.66. The monoisotopic (exact) mass is 351 g/mol. The van der Waals surface area contributed by atoms with Crippen LogP contribution in [0.25, 0.3) is 0 Å². The number of hydrogen-bond acceptors (Lipinski definition) is 5. The highest BCUT2D eigenvalue weighted by Crippen LogP contribution is 2.42. The van der Waals surface area contributed by atoms with E-state index in [9.17, 15) is 14.4 Å². The van der Waals surface area contributed by atoms with Crippen molar-refractivity contribution in [3.05, 3.63) is 60.6 Å². The summed E-state index contributed by atoms with van der Waals surface area (Å²) < 4.78 is 10.4. The fourth-order valence-electron chi connectivity index (χ4n) is 3.66. The average Bonchev–Trinajstić information content (AvgIpc) is 3.25. The van der Waals surface area contributed by atoms with Gasteiger partial charge in [0, 0.05) is 0 Å². The molecule has 2 heterocycles. The van der Waals surface area contributed by atoms with Gasteiger partial charge in [-0.3, -0.25) is 9.59 Å². The zero-order valence-electron chi connectivity index (χ0n) is 14.1. The van der Waals surface area contributed by atoms with Crippen LogP contribution in [0.4, 0.5) is 5.69 Å². The quantitative estimate of drug-likeness (QED) is 0.367. The van der Waals surface area contributed by atoms with Gasteiger partial charge >= 0.3 is 5.97 Å². The minimum absolute atomic E-state index is 0.00645. The van der Waals surface area contributed by atoms with Gasteiger partial charge in [-0.15, -0.1) is 0 Å². The summed E-state index contributed by atoms with van der Waals surface area (Å²) in [7, 11) is 0. The van der Waals surface area contributed by atoms with Gasteiger partial charge in [0.25, 0.3) is 0 Å². The van der Waals surface area contributed by atoms with E-state index in [0.29, 0.717) is 6.42 Å².